The molecular formula is C11H16N4S2. The summed E-state index contributed by atoms with van der Waals surface area (Å²) in [6, 6.07) is 0.292. The number of hydrogen-bond donors (Lipinski definition) is 1. The van der Waals surface area contributed by atoms with E-state index in [-0.39, 0.29) is 0 Å². The van der Waals surface area contributed by atoms with Gasteiger partial charge in [-0.1, -0.05) is 11.4 Å². The predicted octanol–water partition coefficient (Wildman–Crippen LogP) is 2.59. The smallest absolute Gasteiger partial charge is 0.0947 e. The molecule has 1 N–H and O–H groups in total. The van der Waals surface area contributed by atoms with Crippen molar-refractivity contribution in [3.05, 3.63) is 27.2 Å². The van der Waals surface area contributed by atoms with Gasteiger partial charge in [-0.25, -0.2) is 4.98 Å². The van der Waals surface area contributed by atoms with Crippen molar-refractivity contribution >= 4 is 22.9 Å². The molecule has 1 unspecified atom stereocenters. The van der Waals surface area contributed by atoms with Gasteiger partial charge in [0.05, 0.1) is 22.1 Å². The van der Waals surface area contributed by atoms with Crippen LogP contribution in [0.4, 0.5) is 0 Å². The van der Waals surface area contributed by atoms with E-state index in [1.165, 1.54) is 21.4 Å². The van der Waals surface area contributed by atoms with Gasteiger partial charge in [-0.3, -0.25) is 0 Å². The van der Waals surface area contributed by atoms with Crippen LogP contribution in [-0.2, 0) is 6.42 Å². The van der Waals surface area contributed by atoms with Gasteiger partial charge < -0.3 is 5.32 Å². The molecule has 2 aromatic heterocycles. The van der Waals surface area contributed by atoms with Gasteiger partial charge in [0.1, 0.15) is 0 Å². The molecular weight excluding hydrogens is 252 g/mol. The normalized spacial score (nSPS) is 12.8. The van der Waals surface area contributed by atoms with Gasteiger partial charge >= 0.3 is 0 Å². The molecule has 0 bridgehead atoms. The first-order valence-corrected chi connectivity index (χ1v) is 7.36. The third-order valence-corrected chi connectivity index (χ3v) is 4.17. The molecule has 0 aliphatic carbocycles. The average Bonchev–Trinajstić information content (AvgIpc) is 2.95. The zero-order valence-electron chi connectivity index (χ0n) is 10.0. The maximum Gasteiger partial charge on any atom is 0.0947 e. The predicted molar refractivity (Wildman–Crippen MR) is 71.5 cm³/mol. The number of rotatable bonds is 6. The summed E-state index contributed by atoms with van der Waals surface area (Å²) in [5.41, 5.74) is 1.10. The lowest BCUT2D eigenvalue weighted by atomic mass is 10.2. The Morgan fingerprint density at radius 3 is 2.94 bits per heavy atom. The summed E-state index contributed by atoms with van der Waals surface area (Å²) >= 11 is 3.18. The second-order valence-corrected chi connectivity index (χ2v) is 5.67. The first-order chi connectivity index (χ1) is 8.29. The summed E-state index contributed by atoms with van der Waals surface area (Å²) in [5.74, 6) is 0. The molecule has 1 atom stereocenters. The molecule has 2 heterocycles. The monoisotopic (exact) mass is 268 g/mol. The fourth-order valence-corrected chi connectivity index (χ4v) is 2.99. The molecule has 0 aromatic carbocycles. The van der Waals surface area contributed by atoms with Gasteiger partial charge in [0.25, 0.3) is 0 Å². The Balaban J connectivity index is 2.05. The summed E-state index contributed by atoms with van der Waals surface area (Å²) < 4.78 is 3.93. The summed E-state index contributed by atoms with van der Waals surface area (Å²) in [7, 11) is 0. The van der Waals surface area contributed by atoms with Gasteiger partial charge in [0.15, 0.2) is 0 Å². The van der Waals surface area contributed by atoms with E-state index in [2.05, 4.69) is 32.2 Å². The Morgan fingerprint density at radius 1 is 1.47 bits per heavy atom. The highest BCUT2D eigenvalue weighted by Crippen LogP contribution is 2.22. The van der Waals surface area contributed by atoms with Crippen LogP contribution in [0.2, 0.25) is 0 Å². The molecule has 0 saturated carbocycles. The number of aryl methyl sites for hydroxylation is 1. The number of nitrogens with zero attached hydrogens (tertiary/aromatic N) is 3. The van der Waals surface area contributed by atoms with E-state index in [4.69, 9.17) is 0 Å². The van der Waals surface area contributed by atoms with Gasteiger partial charge in [-0.2, -0.15) is 0 Å². The summed E-state index contributed by atoms with van der Waals surface area (Å²) in [6.07, 6.45) is 3.89. The molecule has 0 spiro atoms. The zero-order chi connectivity index (χ0) is 12.1. The molecule has 4 nitrogen and oxygen atoms in total. The van der Waals surface area contributed by atoms with Crippen LogP contribution in [0.1, 0.15) is 35.0 Å². The highest BCUT2D eigenvalue weighted by molar-refractivity contribution is 7.09. The quantitative estimate of drug-likeness (QED) is 0.875. The third kappa shape index (κ3) is 3.55. The number of thiazole rings is 1. The molecule has 0 aliphatic heterocycles. The topological polar surface area (TPSA) is 50.7 Å². The van der Waals surface area contributed by atoms with Crippen LogP contribution < -0.4 is 5.32 Å². The van der Waals surface area contributed by atoms with Crippen LogP contribution in [0.3, 0.4) is 0 Å². The van der Waals surface area contributed by atoms with Gasteiger partial charge in [0, 0.05) is 17.5 Å². The first-order valence-electron chi connectivity index (χ1n) is 5.71. The maximum atomic E-state index is 4.51. The Kier molecular flexibility index (Phi) is 4.58. The molecule has 2 rings (SSSR count). The van der Waals surface area contributed by atoms with Crippen molar-refractivity contribution in [1.82, 2.24) is 19.9 Å². The third-order valence-electron chi connectivity index (χ3n) is 2.41. The second-order valence-electron chi connectivity index (χ2n) is 3.91. The van der Waals surface area contributed by atoms with E-state index >= 15 is 0 Å². The van der Waals surface area contributed by atoms with Crippen molar-refractivity contribution in [3.63, 3.8) is 0 Å². The average molecular weight is 268 g/mol. The Labute approximate surface area is 109 Å². The SMILES string of the molecule is CCCNC(Cc1nc(C)cs1)c1cnns1. The van der Waals surface area contributed by atoms with E-state index in [1.54, 1.807) is 11.3 Å². The standard InChI is InChI=1S/C11H16N4S2/c1-3-4-12-9(10-6-13-15-17-10)5-11-14-8(2)7-16-11/h6-7,9,12H,3-5H2,1-2H3. The van der Waals surface area contributed by atoms with E-state index in [9.17, 15) is 0 Å². The minimum Gasteiger partial charge on any atom is -0.309 e. The summed E-state index contributed by atoms with van der Waals surface area (Å²) in [6.45, 7) is 5.21. The minimum absolute atomic E-state index is 0.292. The van der Waals surface area contributed by atoms with Crippen LogP contribution in [0.15, 0.2) is 11.6 Å². The van der Waals surface area contributed by atoms with Crippen molar-refractivity contribution in [2.45, 2.75) is 32.7 Å². The molecule has 2 aromatic rings. The lowest BCUT2D eigenvalue weighted by Gasteiger charge is -2.14. The molecule has 0 saturated heterocycles. The van der Waals surface area contributed by atoms with Crippen molar-refractivity contribution < 1.29 is 0 Å². The lowest BCUT2D eigenvalue weighted by Crippen LogP contribution is -2.23. The number of nitrogens with one attached hydrogen (secondary N) is 1. The highest BCUT2D eigenvalue weighted by Gasteiger charge is 2.15. The number of aromatic nitrogens is 3. The van der Waals surface area contributed by atoms with Crippen molar-refractivity contribution in [3.8, 4) is 0 Å². The maximum absolute atomic E-state index is 4.51. The molecule has 0 aliphatic rings. The van der Waals surface area contributed by atoms with Crippen LogP contribution in [0, 0.1) is 6.92 Å². The van der Waals surface area contributed by atoms with E-state index < -0.39 is 0 Å². The summed E-state index contributed by atoms with van der Waals surface area (Å²) in [4.78, 5) is 5.70. The molecule has 0 amide bonds. The van der Waals surface area contributed by atoms with E-state index in [1.807, 2.05) is 13.1 Å². The minimum atomic E-state index is 0.292. The van der Waals surface area contributed by atoms with Crippen molar-refractivity contribution in [1.29, 1.82) is 0 Å². The van der Waals surface area contributed by atoms with Crippen LogP contribution in [-0.4, -0.2) is 21.1 Å². The molecule has 92 valence electrons. The van der Waals surface area contributed by atoms with E-state index in [0.29, 0.717) is 6.04 Å². The Morgan fingerprint density at radius 2 is 2.35 bits per heavy atom. The van der Waals surface area contributed by atoms with Crippen LogP contribution >= 0.6 is 22.9 Å². The molecule has 17 heavy (non-hydrogen) atoms. The summed E-state index contributed by atoms with van der Waals surface area (Å²) in [5, 5.41) is 10.7. The Hall–Kier alpha value is -0.850. The van der Waals surface area contributed by atoms with Crippen LogP contribution in [0.25, 0.3) is 0 Å². The molecule has 0 fully saturated rings. The molecule has 6 heteroatoms. The van der Waals surface area contributed by atoms with Crippen LogP contribution in [0.5, 0.6) is 0 Å². The zero-order valence-corrected chi connectivity index (χ0v) is 11.6. The second kappa shape index (κ2) is 6.18. The van der Waals surface area contributed by atoms with Gasteiger partial charge in [-0.05, 0) is 31.4 Å². The lowest BCUT2D eigenvalue weighted by molar-refractivity contribution is 0.534. The van der Waals surface area contributed by atoms with Gasteiger partial charge in [-0.15, -0.1) is 16.4 Å². The largest absolute Gasteiger partial charge is 0.309 e. The first kappa shape index (κ1) is 12.6. The van der Waals surface area contributed by atoms with Gasteiger partial charge in [0.2, 0.25) is 0 Å². The van der Waals surface area contributed by atoms with E-state index in [0.717, 1.165) is 25.1 Å². The van der Waals surface area contributed by atoms with Crippen molar-refractivity contribution in [2.24, 2.45) is 0 Å². The van der Waals surface area contributed by atoms with Crippen molar-refractivity contribution in [2.75, 3.05) is 6.54 Å². The molecule has 0 radical (unpaired) electrons. The number of hydrogen-bond acceptors (Lipinski definition) is 6. The Bertz CT molecular complexity index is 438. The highest BCUT2D eigenvalue weighted by atomic mass is 32.1. The fraction of sp³-hybridized carbons (Fsp3) is 0.545. The fourth-order valence-electron chi connectivity index (χ4n) is 1.59.